The number of amides is 1. The molecule has 1 aliphatic rings. The van der Waals surface area contributed by atoms with Crippen molar-refractivity contribution < 1.29 is 4.79 Å². The summed E-state index contributed by atoms with van der Waals surface area (Å²) in [5.74, 6) is 0.784. The third-order valence-corrected chi connectivity index (χ3v) is 5.41. The van der Waals surface area contributed by atoms with Crippen molar-refractivity contribution >= 4 is 34.0 Å². The van der Waals surface area contributed by atoms with Gasteiger partial charge in [0.15, 0.2) is 0 Å². The number of benzene rings is 1. The van der Waals surface area contributed by atoms with E-state index < -0.39 is 0 Å². The van der Waals surface area contributed by atoms with E-state index in [1.54, 1.807) is 0 Å². The number of likely N-dealkylation sites (tertiary alicyclic amines) is 1. The summed E-state index contributed by atoms with van der Waals surface area (Å²) < 4.78 is 4.16. The number of piperidine rings is 1. The summed E-state index contributed by atoms with van der Waals surface area (Å²) in [6.45, 7) is 1.95. The van der Waals surface area contributed by atoms with Crippen LogP contribution in [0.25, 0.3) is 21.9 Å². The summed E-state index contributed by atoms with van der Waals surface area (Å²) in [6.07, 6.45) is 5.50. The van der Waals surface area contributed by atoms with Crippen molar-refractivity contribution in [2.24, 2.45) is 5.92 Å². The molecule has 5 nitrogen and oxygen atoms in total. The van der Waals surface area contributed by atoms with Crippen molar-refractivity contribution in [3.63, 3.8) is 0 Å². The van der Waals surface area contributed by atoms with E-state index in [2.05, 4.69) is 44.8 Å². The van der Waals surface area contributed by atoms with Crippen molar-refractivity contribution in [1.82, 2.24) is 14.3 Å². The summed E-state index contributed by atoms with van der Waals surface area (Å²) in [4.78, 5) is 19.1. The Morgan fingerprint density at radius 1 is 1.16 bits per heavy atom. The Balaban J connectivity index is 1.54. The first-order valence-corrected chi connectivity index (χ1v) is 9.32. The average Bonchev–Trinajstić information content (AvgIpc) is 3.16. The molecule has 1 N–H and O–H groups in total. The van der Waals surface area contributed by atoms with Crippen LogP contribution in [0.3, 0.4) is 0 Å². The number of hydrogen-bond donors (Lipinski definition) is 1. The summed E-state index contributed by atoms with van der Waals surface area (Å²) in [5.41, 5.74) is 2.24. The average molecular weight is 352 g/mol. The van der Waals surface area contributed by atoms with Gasteiger partial charge in [-0.25, -0.2) is 9.36 Å². The molecule has 1 amide bonds. The van der Waals surface area contributed by atoms with Crippen LogP contribution in [0.4, 0.5) is 5.82 Å². The highest BCUT2D eigenvalue weighted by Gasteiger charge is 2.23. The van der Waals surface area contributed by atoms with Gasteiger partial charge < -0.3 is 10.2 Å². The van der Waals surface area contributed by atoms with Gasteiger partial charge in [0.05, 0.1) is 0 Å². The van der Waals surface area contributed by atoms with E-state index in [1.165, 1.54) is 11.5 Å². The van der Waals surface area contributed by atoms with Crippen molar-refractivity contribution in [2.45, 2.75) is 12.8 Å². The third kappa shape index (κ3) is 3.55. The Hall–Kier alpha value is -2.31. The topological polar surface area (TPSA) is 58.1 Å². The van der Waals surface area contributed by atoms with Crippen molar-refractivity contribution in [3.8, 4) is 11.1 Å². The molecule has 25 heavy (non-hydrogen) atoms. The second-order valence-corrected chi connectivity index (χ2v) is 7.27. The lowest BCUT2D eigenvalue weighted by atomic mass is 9.96. The molecule has 0 spiro atoms. The first-order chi connectivity index (χ1) is 12.2. The molecule has 0 bridgehead atoms. The molecule has 6 heteroatoms. The minimum Gasteiger partial charge on any atom is -0.310 e. The lowest BCUT2D eigenvalue weighted by Crippen LogP contribution is -2.36. The molecule has 1 aliphatic heterocycles. The standard InChI is InChI=1S/C19H20N4OS/c1-23-6-4-13(5-7-23)19(24)22-18-9-16-8-14(17-11-21-25-12-17)2-3-15(16)10-20-18/h2-3,8-13H,4-7H2,1H3,(H,20,22,24). The van der Waals surface area contributed by atoms with Crippen LogP contribution >= 0.6 is 11.5 Å². The molecular formula is C19H20N4OS. The highest BCUT2D eigenvalue weighted by atomic mass is 32.1. The number of carbonyl (C=O) groups excluding carboxylic acids is 1. The molecule has 1 aromatic carbocycles. The highest BCUT2D eigenvalue weighted by molar-refractivity contribution is 7.03. The van der Waals surface area contributed by atoms with Crippen molar-refractivity contribution in [1.29, 1.82) is 0 Å². The minimum absolute atomic E-state index is 0.0805. The highest BCUT2D eigenvalue weighted by Crippen LogP contribution is 2.26. The normalized spacial score (nSPS) is 16.2. The summed E-state index contributed by atoms with van der Waals surface area (Å²) >= 11 is 1.44. The molecule has 0 unspecified atom stereocenters. The Labute approximate surface area is 150 Å². The van der Waals surface area contributed by atoms with Crippen LogP contribution in [0.2, 0.25) is 0 Å². The zero-order chi connectivity index (χ0) is 17.2. The Morgan fingerprint density at radius 2 is 2.00 bits per heavy atom. The van der Waals surface area contributed by atoms with E-state index >= 15 is 0 Å². The largest absolute Gasteiger partial charge is 0.310 e. The maximum atomic E-state index is 12.5. The second kappa shape index (κ2) is 6.90. The summed E-state index contributed by atoms with van der Waals surface area (Å²) in [5, 5.41) is 7.15. The molecule has 1 saturated heterocycles. The van der Waals surface area contributed by atoms with Gasteiger partial charge in [0, 0.05) is 34.6 Å². The van der Waals surface area contributed by atoms with E-state index in [0.717, 1.165) is 47.8 Å². The molecule has 0 aliphatic carbocycles. The van der Waals surface area contributed by atoms with Crippen LogP contribution in [-0.2, 0) is 4.79 Å². The molecule has 0 saturated carbocycles. The zero-order valence-electron chi connectivity index (χ0n) is 14.1. The number of nitrogens with zero attached hydrogens (tertiary/aromatic N) is 3. The quantitative estimate of drug-likeness (QED) is 0.782. The van der Waals surface area contributed by atoms with Gasteiger partial charge in [0.1, 0.15) is 5.82 Å². The molecule has 1 fully saturated rings. The molecule has 0 radical (unpaired) electrons. The van der Waals surface area contributed by atoms with E-state index in [0.29, 0.717) is 5.82 Å². The molecule has 3 aromatic rings. The number of pyridine rings is 1. The van der Waals surface area contributed by atoms with Crippen LogP contribution in [0.1, 0.15) is 12.8 Å². The molecular weight excluding hydrogens is 332 g/mol. The summed E-state index contributed by atoms with van der Waals surface area (Å²) in [7, 11) is 2.10. The Morgan fingerprint density at radius 3 is 2.76 bits per heavy atom. The molecule has 128 valence electrons. The van der Waals surface area contributed by atoms with E-state index in [4.69, 9.17) is 0 Å². The van der Waals surface area contributed by atoms with E-state index in [1.807, 2.05) is 23.8 Å². The first-order valence-electron chi connectivity index (χ1n) is 8.48. The number of fused-ring (bicyclic) bond motifs is 1. The molecule has 0 atom stereocenters. The van der Waals surface area contributed by atoms with Crippen molar-refractivity contribution in [2.75, 3.05) is 25.5 Å². The molecule has 2 aromatic heterocycles. The van der Waals surface area contributed by atoms with Gasteiger partial charge in [-0.05, 0) is 67.6 Å². The fourth-order valence-electron chi connectivity index (χ4n) is 3.24. The van der Waals surface area contributed by atoms with Gasteiger partial charge in [-0.2, -0.15) is 0 Å². The van der Waals surface area contributed by atoms with Crippen LogP contribution in [0.5, 0.6) is 0 Å². The number of nitrogens with one attached hydrogen (secondary N) is 1. The smallest absolute Gasteiger partial charge is 0.228 e. The third-order valence-electron chi connectivity index (χ3n) is 4.83. The maximum Gasteiger partial charge on any atom is 0.228 e. The number of carbonyl (C=O) groups is 1. The number of hydrogen-bond acceptors (Lipinski definition) is 5. The van der Waals surface area contributed by atoms with Crippen LogP contribution in [0.15, 0.2) is 42.0 Å². The second-order valence-electron chi connectivity index (χ2n) is 6.61. The van der Waals surface area contributed by atoms with Gasteiger partial charge in [0.25, 0.3) is 0 Å². The zero-order valence-corrected chi connectivity index (χ0v) is 14.9. The fraction of sp³-hybridized carbons (Fsp3) is 0.316. The molecule has 3 heterocycles. The number of rotatable bonds is 3. The van der Waals surface area contributed by atoms with Gasteiger partial charge in [0.2, 0.25) is 5.91 Å². The Bertz CT molecular complexity index is 886. The minimum atomic E-state index is 0.0805. The van der Waals surface area contributed by atoms with Crippen LogP contribution in [0, 0.1) is 5.92 Å². The van der Waals surface area contributed by atoms with Crippen molar-refractivity contribution in [3.05, 3.63) is 42.0 Å². The van der Waals surface area contributed by atoms with Crippen LogP contribution < -0.4 is 5.32 Å². The fourth-order valence-corrected chi connectivity index (χ4v) is 3.78. The van der Waals surface area contributed by atoms with Gasteiger partial charge in [-0.3, -0.25) is 4.79 Å². The monoisotopic (exact) mass is 352 g/mol. The SMILES string of the molecule is CN1CCC(C(=O)Nc2cc3cc(-c4cnsc4)ccc3cn2)CC1. The van der Waals surface area contributed by atoms with Gasteiger partial charge in [-0.1, -0.05) is 12.1 Å². The molecule has 4 rings (SSSR count). The number of aromatic nitrogens is 2. The maximum absolute atomic E-state index is 12.5. The van der Waals surface area contributed by atoms with E-state index in [9.17, 15) is 4.79 Å². The van der Waals surface area contributed by atoms with Gasteiger partial charge in [-0.15, -0.1) is 0 Å². The first kappa shape index (κ1) is 16.2. The number of anilines is 1. The predicted octanol–water partition coefficient (Wildman–Crippen LogP) is 3.64. The van der Waals surface area contributed by atoms with Gasteiger partial charge >= 0.3 is 0 Å². The lowest BCUT2D eigenvalue weighted by molar-refractivity contribution is -0.121. The predicted molar refractivity (Wildman–Crippen MR) is 102 cm³/mol. The van der Waals surface area contributed by atoms with Crippen LogP contribution in [-0.4, -0.2) is 40.3 Å². The summed E-state index contributed by atoms with van der Waals surface area (Å²) in [6, 6.07) is 8.19. The van der Waals surface area contributed by atoms with E-state index in [-0.39, 0.29) is 11.8 Å². The lowest BCUT2D eigenvalue weighted by Gasteiger charge is -2.27. The Kier molecular flexibility index (Phi) is 4.46.